The summed E-state index contributed by atoms with van der Waals surface area (Å²) in [5.74, 6) is 0. The average molecular weight is 270 g/mol. The summed E-state index contributed by atoms with van der Waals surface area (Å²) in [5.41, 5.74) is 2.79. The van der Waals surface area contributed by atoms with Crippen molar-refractivity contribution in [2.75, 3.05) is 11.9 Å². The molecule has 0 aliphatic heterocycles. The Balaban J connectivity index is 2.12. The average Bonchev–Trinajstić information content (AvgIpc) is 2.25. The molecule has 0 fully saturated rings. The monoisotopic (exact) mass is 269 g/mol. The summed E-state index contributed by atoms with van der Waals surface area (Å²) in [6.07, 6.45) is 3.87. The molecule has 0 amide bonds. The SMILES string of the molecule is Cc1ccccc1CNCCCCCBr. The Morgan fingerprint density at radius 3 is 2.67 bits per heavy atom. The lowest BCUT2D eigenvalue weighted by Gasteiger charge is -2.07. The van der Waals surface area contributed by atoms with Gasteiger partial charge in [-0.2, -0.15) is 0 Å². The van der Waals surface area contributed by atoms with Crippen LogP contribution in [0.2, 0.25) is 0 Å². The number of halogens is 1. The van der Waals surface area contributed by atoms with Crippen molar-refractivity contribution in [3.63, 3.8) is 0 Å². The summed E-state index contributed by atoms with van der Waals surface area (Å²) >= 11 is 3.44. The largest absolute Gasteiger partial charge is 0.313 e. The van der Waals surface area contributed by atoms with Gasteiger partial charge in [0.05, 0.1) is 0 Å². The smallest absolute Gasteiger partial charge is 0.0208 e. The number of hydrogen-bond donors (Lipinski definition) is 1. The van der Waals surface area contributed by atoms with Crippen molar-refractivity contribution in [2.24, 2.45) is 0 Å². The predicted octanol–water partition coefficient (Wildman–Crippen LogP) is 3.65. The summed E-state index contributed by atoms with van der Waals surface area (Å²) < 4.78 is 0. The third-order valence-corrected chi connectivity index (χ3v) is 3.12. The number of nitrogens with one attached hydrogen (secondary N) is 1. The molecule has 0 atom stereocenters. The number of benzene rings is 1. The van der Waals surface area contributed by atoms with Crippen LogP contribution in [0.1, 0.15) is 30.4 Å². The van der Waals surface area contributed by atoms with Gasteiger partial charge in [0, 0.05) is 11.9 Å². The standard InChI is InChI=1S/C13H20BrN/c1-12-7-3-4-8-13(12)11-15-10-6-2-5-9-14/h3-4,7-8,15H,2,5-6,9-11H2,1H3. The minimum absolute atomic E-state index is 1.00. The fraction of sp³-hybridized carbons (Fsp3) is 0.538. The Labute approximate surface area is 101 Å². The quantitative estimate of drug-likeness (QED) is 0.589. The predicted molar refractivity (Wildman–Crippen MR) is 70.5 cm³/mol. The van der Waals surface area contributed by atoms with Gasteiger partial charge in [-0.05, 0) is 37.4 Å². The highest BCUT2D eigenvalue weighted by molar-refractivity contribution is 9.09. The van der Waals surface area contributed by atoms with Crippen molar-refractivity contribution in [3.8, 4) is 0 Å². The maximum atomic E-state index is 3.49. The topological polar surface area (TPSA) is 12.0 Å². The Morgan fingerprint density at radius 1 is 1.13 bits per heavy atom. The fourth-order valence-electron chi connectivity index (χ4n) is 1.55. The van der Waals surface area contributed by atoms with Crippen LogP contribution in [0.5, 0.6) is 0 Å². The maximum absolute atomic E-state index is 3.49. The summed E-state index contributed by atoms with van der Waals surface area (Å²) in [6, 6.07) is 8.56. The summed E-state index contributed by atoms with van der Waals surface area (Å²) in [5, 5.41) is 4.62. The van der Waals surface area contributed by atoms with E-state index in [1.807, 2.05) is 0 Å². The molecule has 0 bridgehead atoms. The number of rotatable bonds is 7. The highest BCUT2D eigenvalue weighted by Gasteiger charge is 1.95. The van der Waals surface area contributed by atoms with Gasteiger partial charge in [0.2, 0.25) is 0 Å². The van der Waals surface area contributed by atoms with E-state index in [1.54, 1.807) is 0 Å². The number of hydrogen-bond acceptors (Lipinski definition) is 1. The minimum Gasteiger partial charge on any atom is -0.313 e. The van der Waals surface area contributed by atoms with E-state index in [1.165, 1.54) is 30.4 Å². The fourth-order valence-corrected chi connectivity index (χ4v) is 1.95. The summed E-state index contributed by atoms with van der Waals surface area (Å²) in [7, 11) is 0. The molecule has 1 N–H and O–H groups in total. The Bertz CT molecular complexity index is 273. The van der Waals surface area contributed by atoms with Crippen molar-refractivity contribution in [2.45, 2.75) is 32.7 Å². The first-order chi connectivity index (χ1) is 7.34. The second-order valence-corrected chi connectivity index (χ2v) is 4.65. The van der Waals surface area contributed by atoms with Crippen LogP contribution < -0.4 is 5.32 Å². The maximum Gasteiger partial charge on any atom is 0.0208 e. The first kappa shape index (κ1) is 12.7. The molecule has 1 aromatic rings. The molecule has 0 aliphatic rings. The molecule has 0 aliphatic carbocycles. The van der Waals surface area contributed by atoms with Crippen LogP contribution in [0.25, 0.3) is 0 Å². The second-order valence-electron chi connectivity index (χ2n) is 3.85. The van der Waals surface area contributed by atoms with Crippen LogP contribution in [0, 0.1) is 6.92 Å². The Morgan fingerprint density at radius 2 is 1.93 bits per heavy atom. The molecule has 0 saturated carbocycles. The highest BCUT2D eigenvalue weighted by atomic mass is 79.9. The van der Waals surface area contributed by atoms with E-state index in [9.17, 15) is 0 Å². The molecular weight excluding hydrogens is 250 g/mol. The van der Waals surface area contributed by atoms with Crippen molar-refractivity contribution in [1.29, 1.82) is 0 Å². The number of alkyl halides is 1. The Kier molecular flexibility index (Phi) is 6.69. The van der Waals surface area contributed by atoms with Gasteiger partial charge >= 0.3 is 0 Å². The van der Waals surface area contributed by atoms with E-state index >= 15 is 0 Å². The van der Waals surface area contributed by atoms with Crippen molar-refractivity contribution in [3.05, 3.63) is 35.4 Å². The molecule has 1 nitrogen and oxygen atoms in total. The molecule has 0 saturated heterocycles. The molecule has 84 valence electrons. The number of unbranched alkanes of at least 4 members (excludes halogenated alkanes) is 2. The molecule has 0 spiro atoms. The zero-order chi connectivity index (χ0) is 10.9. The van der Waals surface area contributed by atoms with E-state index in [0.717, 1.165) is 18.4 Å². The van der Waals surface area contributed by atoms with Crippen LogP contribution >= 0.6 is 15.9 Å². The van der Waals surface area contributed by atoms with Gasteiger partial charge in [-0.1, -0.05) is 46.6 Å². The van der Waals surface area contributed by atoms with E-state index in [-0.39, 0.29) is 0 Å². The number of aryl methyl sites for hydroxylation is 1. The van der Waals surface area contributed by atoms with Gasteiger partial charge in [-0.25, -0.2) is 0 Å². The summed E-state index contributed by atoms with van der Waals surface area (Å²) in [4.78, 5) is 0. The molecule has 0 radical (unpaired) electrons. The molecular formula is C13H20BrN. The van der Waals surface area contributed by atoms with Gasteiger partial charge in [-0.3, -0.25) is 0 Å². The van der Waals surface area contributed by atoms with Gasteiger partial charge in [0.15, 0.2) is 0 Å². The van der Waals surface area contributed by atoms with Crippen LogP contribution in [-0.4, -0.2) is 11.9 Å². The van der Waals surface area contributed by atoms with E-state index in [2.05, 4.69) is 52.4 Å². The van der Waals surface area contributed by atoms with Crippen molar-refractivity contribution in [1.82, 2.24) is 5.32 Å². The van der Waals surface area contributed by atoms with Crippen molar-refractivity contribution >= 4 is 15.9 Å². The third kappa shape index (κ3) is 5.33. The normalized spacial score (nSPS) is 10.5. The lowest BCUT2D eigenvalue weighted by Crippen LogP contribution is -2.15. The Hall–Kier alpha value is -0.340. The first-order valence-corrected chi connectivity index (χ1v) is 6.78. The molecule has 1 aromatic carbocycles. The van der Waals surface area contributed by atoms with Gasteiger partial charge in [0.1, 0.15) is 0 Å². The van der Waals surface area contributed by atoms with E-state index in [4.69, 9.17) is 0 Å². The van der Waals surface area contributed by atoms with Crippen LogP contribution in [-0.2, 0) is 6.54 Å². The molecule has 2 heteroatoms. The highest BCUT2D eigenvalue weighted by Crippen LogP contribution is 2.06. The molecule has 0 aromatic heterocycles. The molecule has 15 heavy (non-hydrogen) atoms. The summed E-state index contributed by atoms with van der Waals surface area (Å²) in [6.45, 7) is 4.30. The van der Waals surface area contributed by atoms with Crippen LogP contribution in [0.3, 0.4) is 0 Å². The zero-order valence-corrected chi connectivity index (χ0v) is 11.0. The van der Waals surface area contributed by atoms with Gasteiger partial charge in [-0.15, -0.1) is 0 Å². The molecule has 0 unspecified atom stereocenters. The van der Waals surface area contributed by atoms with Crippen LogP contribution in [0.15, 0.2) is 24.3 Å². The van der Waals surface area contributed by atoms with E-state index in [0.29, 0.717) is 0 Å². The van der Waals surface area contributed by atoms with Crippen molar-refractivity contribution < 1.29 is 0 Å². The first-order valence-electron chi connectivity index (χ1n) is 5.66. The lowest BCUT2D eigenvalue weighted by molar-refractivity contribution is 0.618. The zero-order valence-electron chi connectivity index (χ0n) is 9.43. The molecule has 0 heterocycles. The van der Waals surface area contributed by atoms with Crippen LogP contribution in [0.4, 0.5) is 0 Å². The second kappa shape index (κ2) is 7.89. The minimum atomic E-state index is 1.00. The van der Waals surface area contributed by atoms with Gasteiger partial charge < -0.3 is 5.32 Å². The van der Waals surface area contributed by atoms with Gasteiger partial charge in [0.25, 0.3) is 0 Å². The third-order valence-electron chi connectivity index (χ3n) is 2.56. The molecule has 1 rings (SSSR count). The van der Waals surface area contributed by atoms with E-state index < -0.39 is 0 Å². The lowest BCUT2D eigenvalue weighted by atomic mass is 10.1.